The van der Waals surface area contributed by atoms with Gasteiger partial charge in [-0.05, 0) is 76.0 Å². The first-order chi connectivity index (χ1) is 25.1. The van der Waals surface area contributed by atoms with Crippen LogP contribution in [0.25, 0.3) is 0 Å². The first kappa shape index (κ1) is 41.5. The van der Waals surface area contributed by atoms with Crippen molar-refractivity contribution in [1.82, 2.24) is 0 Å². The number of carbonyl (C=O) groups is 6. The van der Waals surface area contributed by atoms with E-state index in [0.29, 0.717) is 89.4 Å². The Labute approximate surface area is 306 Å². The minimum Gasteiger partial charge on any atom is -0.466 e. The van der Waals surface area contributed by atoms with E-state index in [-0.39, 0.29) is 66.7 Å². The molecular formula is C40H53N2O10+. The fourth-order valence-corrected chi connectivity index (χ4v) is 6.08. The monoisotopic (exact) mass is 721 g/mol. The Morgan fingerprint density at radius 3 is 1.40 bits per heavy atom. The van der Waals surface area contributed by atoms with Crippen LogP contribution >= 0.6 is 0 Å². The summed E-state index contributed by atoms with van der Waals surface area (Å²) >= 11 is 0. The van der Waals surface area contributed by atoms with Gasteiger partial charge in [0.2, 0.25) is 0 Å². The van der Waals surface area contributed by atoms with Gasteiger partial charge in [-0.1, -0.05) is 12.1 Å². The first-order valence-corrected chi connectivity index (χ1v) is 18.4. The zero-order valence-electron chi connectivity index (χ0n) is 31.0. The molecule has 0 amide bonds. The molecule has 1 aromatic carbocycles. The topological polar surface area (TPSA) is 146 Å². The van der Waals surface area contributed by atoms with E-state index >= 15 is 0 Å². The zero-order valence-corrected chi connectivity index (χ0v) is 31.0. The summed E-state index contributed by atoms with van der Waals surface area (Å²) in [6, 6.07) is 7.28. The smallest absolute Gasteiger partial charge is 0.306 e. The Bertz CT molecular complexity index is 1470. The summed E-state index contributed by atoms with van der Waals surface area (Å²) in [5.41, 5.74) is 3.00. The van der Waals surface area contributed by atoms with Crippen molar-refractivity contribution >= 4 is 46.8 Å². The lowest BCUT2D eigenvalue weighted by atomic mass is 9.70. The van der Waals surface area contributed by atoms with Crippen LogP contribution in [0.4, 0.5) is 5.69 Å². The molecule has 0 saturated heterocycles. The molecule has 52 heavy (non-hydrogen) atoms. The van der Waals surface area contributed by atoms with Crippen molar-refractivity contribution in [3.8, 4) is 0 Å². The maximum Gasteiger partial charge on any atom is 0.306 e. The van der Waals surface area contributed by atoms with Crippen LogP contribution in [0, 0.1) is 0 Å². The summed E-state index contributed by atoms with van der Waals surface area (Å²) in [6.07, 6.45) is 10.5. The summed E-state index contributed by atoms with van der Waals surface area (Å²) in [6.45, 7) is 10.6. The van der Waals surface area contributed by atoms with E-state index in [4.69, 9.17) is 18.9 Å². The fourth-order valence-electron chi connectivity index (χ4n) is 6.08. The molecule has 0 N–H and O–H groups in total. The van der Waals surface area contributed by atoms with Gasteiger partial charge < -0.3 is 23.8 Å². The number of ether oxygens (including phenoxy) is 4. The van der Waals surface area contributed by atoms with Gasteiger partial charge in [-0.15, -0.1) is 0 Å². The Morgan fingerprint density at radius 1 is 0.596 bits per heavy atom. The average Bonchev–Trinajstić information content (AvgIpc) is 3.11. The van der Waals surface area contributed by atoms with E-state index < -0.39 is 5.92 Å². The normalized spacial score (nSPS) is 14.9. The number of hydrogen-bond acceptors (Lipinski definition) is 11. The number of carbonyl (C=O) groups excluding carboxylic acids is 6. The molecule has 0 unspecified atom stereocenters. The Balaban J connectivity index is 1.70. The first-order valence-electron chi connectivity index (χ1n) is 18.4. The third-order valence-electron chi connectivity index (χ3n) is 8.59. The number of hydrogen-bond donors (Lipinski definition) is 0. The lowest BCUT2D eigenvalue weighted by molar-refractivity contribution is -0.527. The van der Waals surface area contributed by atoms with Gasteiger partial charge in [0.25, 0.3) is 0 Å². The van der Waals surface area contributed by atoms with Crippen LogP contribution in [-0.2, 0) is 47.7 Å². The minimum absolute atomic E-state index is 0.163. The van der Waals surface area contributed by atoms with E-state index in [9.17, 15) is 28.8 Å². The van der Waals surface area contributed by atoms with Crippen LogP contribution < -0.4 is 4.90 Å². The molecule has 0 spiro atoms. The fraction of sp³-hybridized carbons (Fsp3) is 0.525. The van der Waals surface area contributed by atoms with Crippen LogP contribution in [-0.4, -0.2) is 98.3 Å². The second-order valence-corrected chi connectivity index (χ2v) is 12.3. The number of anilines is 1. The van der Waals surface area contributed by atoms with E-state index in [1.165, 1.54) is 0 Å². The number of Topliss-reactive ketones (excluding diaryl/α,β-unsaturated/α-hetero) is 2. The van der Waals surface area contributed by atoms with Gasteiger partial charge in [0, 0.05) is 56.6 Å². The predicted molar refractivity (Wildman–Crippen MR) is 195 cm³/mol. The molecule has 0 atom stereocenters. The molecule has 0 heterocycles. The molecule has 1 saturated carbocycles. The van der Waals surface area contributed by atoms with E-state index in [1.54, 1.807) is 52.0 Å². The number of nitrogens with zero attached hydrogens (tertiary/aromatic N) is 2. The number of ketones is 2. The van der Waals surface area contributed by atoms with Crippen molar-refractivity contribution in [2.75, 3.05) is 57.5 Å². The second kappa shape index (κ2) is 22.1. The SMILES string of the molecule is CCOC(=O)CCCN(CCCC(=O)OCC)c1ccc(C2C(=O)C(=C3C=CC(=[N+](CCCC(=O)OCC)CCCC(=O)OCC)C=C3)C2=O)cc1. The number of allylic oxidation sites excluding steroid dienone is 6. The Kier molecular flexibility index (Phi) is 17.7. The van der Waals surface area contributed by atoms with Crippen molar-refractivity contribution < 1.29 is 52.3 Å². The summed E-state index contributed by atoms with van der Waals surface area (Å²) in [7, 11) is 0. The van der Waals surface area contributed by atoms with Crippen LogP contribution in [0.15, 0.2) is 59.7 Å². The van der Waals surface area contributed by atoms with Crippen LogP contribution in [0.1, 0.15) is 90.5 Å². The molecule has 2 aliphatic rings. The van der Waals surface area contributed by atoms with Crippen molar-refractivity contribution in [3.05, 3.63) is 65.3 Å². The van der Waals surface area contributed by atoms with Crippen molar-refractivity contribution in [2.24, 2.45) is 0 Å². The average molecular weight is 722 g/mol. The van der Waals surface area contributed by atoms with Crippen LogP contribution in [0.3, 0.4) is 0 Å². The third-order valence-corrected chi connectivity index (χ3v) is 8.59. The van der Waals surface area contributed by atoms with Gasteiger partial charge in [0.05, 0.1) is 44.8 Å². The van der Waals surface area contributed by atoms with Crippen molar-refractivity contribution in [1.29, 1.82) is 0 Å². The van der Waals surface area contributed by atoms with Crippen molar-refractivity contribution in [2.45, 2.75) is 85.0 Å². The van der Waals surface area contributed by atoms with Gasteiger partial charge in [-0.2, -0.15) is 0 Å². The summed E-state index contributed by atoms with van der Waals surface area (Å²) in [4.78, 5) is 76.4. The van der Waals surface area contributed by atoms with Gasteiger partial charge in [-0.25, -0.2) is 4.58 Å². The van der Waals surface area contributed by atoms with E-state index in [1.807, 2.05) is 24.3 Å². The highest BCUT2D eigenvalue weighted by atomic mass is 16.5. The van der Waals surface area contributed by atoms with Crippen molar-refractivity contribution in [3.63, 3.8) is 0 Å². The van der Waals surface area contributed by atoms with Gasteiger partial charge in [-0.3, -0.25) is 28.8 Å². The molecule has 1 fully saturated rings. The lowest BCUT2D eigenvalue weighted by Crippen LogP contribution is -2.39. The van der Waals surface area contributed by atoms with E-state index in [2.05, 4.69) is 9.48 Å². The Morgan fingerprint density at radius 2 is 1.00 bits per heavy atom. The minimum atomic E-state index is -0.882. The highest BCUT2D eigenvalue weighted by molar-refractivity contribution is 6.42. The molecule has 2 aliphatic carbocycles. The molecule has 0 aliphatic heterocycles. The lowest BCUT2D eigenvalue weighted by Gasteiger charge is -2.29. The standard InChI is InChI=1S/C40H53N2O10/c1-5-49-33(43)13-9-25-41(26-10-14-34(44)50-6-2)31-21-17-29(18-22-31)37-39(47)38(40(37)48)30-19-23-32(24-20-30)42(27-11-15-35(45)51-7-3)28-12-16-36(46)52-8-4/h17-24,37H,5-16,25-28H2,1-4H3/q+1. The molecule has 282 valence electrons. The number of benzene rings is 1. The number of esters is 4. The van der Waals surface area contributed by atoms with E-state index in [0.717, 1.165) is 11.4 Å². The maximum absolute atomic E-state index is 13.4. The third kappa shape index (κ3) is 12.7. The number of rotatable bonds is 22. The largest absolute Gasteiger partial charge is 0.466 e. The summed E-state index contributed by atoms with van der Waals surface area (Å²) in [5, 5.41) is 0. The Hall–Kier alpha value is -4.87. The highest BCUT2D eigenvalue weighted by Gasteiger charge is 2.46. The molecule has 0 radical (unpaired) electrons. The second-order valence-electron chi connectivity index (χ2n) is 12.3. The molecule has 12 heteroatoms. The molecule has 0 aromatic heterocycles. The highest BCUT2D eigenvalue weighted by Crippen LogP contribution is 2.37. The summed E-state index contributed by atoms with van der Waals surface area (Å²) < 4.78 is 22.3. The maximum atomic E-state index is 13.4. The van der Waals surface area contributed by atoms with Crippen LogP contribution in [0.2, 0.25) is 0 Å². The molecule has 12 nitrogen and oxygen atoms in total. The molecule has 0 bridgehead atoms. The molecule has 3 rings (SSSR count). The molecule has 1 aromatic rings. The van der Waals surface area contributed by atoms with Crippen LogP contribution in [0.5, 0.6) is 0 Å². The van der Waals surface area contributed by atoms with Gasteiger partial charge in [0.15, 0.2) is 17.3 Å². The molecular weight excluding hydrogens is 668 g/mol. The van der Waals surface area contributed by atoms with Gasteiger partial charge in [0.1, 0.15) is 19.0 Å². The summed E-state index contributed by atoms with van der Waals surface area (Å²) in [5.74, 6) is -2.42. The predicted octanol–water partition coefficient (Wildman–Crippen LogP) is 4.98. The van der Waals surface area contributed by atoms with Gasteiger partial charge >= 0.3 is 23.9 Å². The zero-order chi connectivity index (χ0) is 37.9. The quantitative estimate of drug-likeness (QED) is 0.0399.